The van der Waals surface area contributed by atoms with E-state index in [4.69, 9.17) is 12.6 Å². The van der Waals surface area contributed by atoms with Gasteiger partial charge in [0.25, 0.3) is 0 Å². The van der Waals surface area contributed by atoms with Gasteiger partial charge in [0, 0.05) is 12.4 Å². The molecule has 3 nitrogen and oxygen atoms in total. The quantitative estimate of drug-likeness (QED) is 0.190. The first-order valence-electron chi connectivity index (χ1n) is 13.8. The van der Waals surface area contributed by atoms with E-state index in [1.165, 1.54) is 16.3 Å². The van der Waals surface area contributed by atoms with Gasteiger partial charge in [0.05, 0.1) is 18.6 Å². The highest BCUT2D eigenvalue weighted by Gasteiger charge is 2.37. The molecule has 0 fully saturated rings. The molecule has 0 saturated heterocycles. The van der Waals surface area contributed by atoms with Crippen LogP contribution in [0.3, 0.4) is 0 Å². The van der Waals surface area contributed by atoms with Crippen molar-refractivity contribution in [3.05, 3.63) is 193 Å². The summed E-state index contributed by atoms with van der Waals surface area (Å²) in [5.41, 5.74) is 5.82. The molecule has 1 aromatic heterocycles. The van der Waals surface area contributed by atoms with E-state index in [-0.39, 0.29) is 5.16 Å². The van der Waals surface area contributed by atoms with Crippen LogP contribution in [0.5, 0.6) is 5.75 Å². The predicted molar refractivity (Wildman–Crippen MR) is 175 cm³/mol. The van der Waals surface area contributed by atoms with Gasteiger partial charge in [-0.05, 0) is 40.0 Å². The van der Waals surface area contributed by atoms with Crippen molar-refractivity contribution in [1.82, 2.24) is 9.55 Å². The number of nitrogens with zero attached hydrogens (tertiary/aromatic N) is 2. The van der Waals surface area contributed by atoms with Crippen LogP contribution in [0.2, 0.25) is 0 Å². The predicted octanol–water partition coefficient (Wildman–Crippen LogP) is 6.92. The van der Waals surface area contributed by atoms with E-state index in [0.717, 1.165) is 22.4 Å². The fraction of sp³-hybridized carbons (Fsp3) is 0.0541. The van der Waals surface area contributed by atoms with Crippen LogP contribution >= 0.6 is 0 Å². The molecule has 0 aliphatic carbocycles. The normalized spacial score (nSPS) is 10.7. The summed E-state index contributed by atoms with van der Waals surface area (Å²) in [4.78, 5) is 4.36. The number of rotatable bonds is 8. The lowest BCUT2D eigenvalue weighted by Crippen LogP contribution is -2.46. The van der Waals surface area contributed by atoms with Gasteiger partial charge in [0.15, 0.2) is 0 Å². The Kier molecular flexibility index (Phi) is 9.66. The lowest BCUT2D eigenvalue weighted by molar-refractivity contribution is 0.415. The van der Waals surface area contributed by atoms with E-state index in [1.807, 2.05) is 61.2 Å². The topological polar surface area (TPSA) is 27.1 Å². The summed E-state index contributed by atoms with van der Waals surface area (Å²) >= 11 is 0. The van der Waals surface area contributed by atoms with Crippen LogP contribution in [0.4, 0.5) is 0 Å². The molecule has 0 aliphatic rings. The van der Waals surface area contributed by atoms with Gasteiger partial charge in [-0.3, -0.25) is 0 Å². The third-order valence-electron chi connectivity index (χ3n) is 7.01. The van der Waals surface area contributed by atoms with Gasteiger partial charge in [-0.1, -0.05) is 139 Å². The summed E-state index contributed by atoms with van der Waals surface area (Å²) in [5.74, 6) is 2.53. The molecule has 0 bridgehead atoms. The Morgan fingerprint density at radius 2 is 1.24 bits per heavy atom. The highest BCUT2D eigenvalue weighted by atomic mass is 28.2. The Morgan fingerprint density at radius 3 is 1.69 bits per heavy atom. The molecule has 0 N–H and O–H groups in total. The van der Waals surface area contributed by atoms with Crippen LogP contribution in [0, 0.1) is 0 Å². The van der Waals surface area contributed by atoms with E-state index in [2.05, 4.69) is 113 Å². The van der Waals surface area contributed by atoms with Gasteiger partial charge in [-0.15, -0.1) is 5.98 Å². The van der Waals surface area contributed by atoms with Crippen LogP contribution in [-0.4, -0.2) is 34.0 Å². The molecule has 5 aromatic carbocycles. The van der Waals surface area contributed by atoms with Crippen LogP contribution < -0.4 is 9.92 Å². The molecular formula is C37H31BN2OSi. The van der Waals surface area contributed by atoms with E-state index in [1.54, 1.807) is 13.1 Å². The zero-order valence-corrected chi connectivity index (χ0v) is 24.5. The van der Waals surface area contributed by atoms with Crippen LogP contribution in [0.1, 0.15) is 22.3 Å². The van der Waals surface area contributed by atoms with Crippen molar-refractivity contribution in [1.29, 1.82) is 0 Å². The SMILES string of the molecule is COc1cccc([Si]C(c2ccccc2)(c2ccccc2)n2ccnc2)c1.[B]C=C(c1ccccc1)c1ccccc1. The Morgan fingerprint density at radius 1 is 0.714 bits per heavy atom. The maximum absolute atomic E-state index is 5.67. The fourth-order valence-corrected chi connectivity index (χ4v) is 6.69. The second kappa shape index (κ2) is 14.2. The lowest BCUT2D eigenvalue weighted by atomic mass is 9.92. The third kappa shape index (κ3) is 6.54. The van der Waals surface area contributed by atoms with E-state index in [9.17, 15) is 0 Å². The molecular weight excluding hydrogens is 527 g/mol. The Balaban J connectivity index is 0.000000199. The maximum atomic E-state index is 5.67. The third-order valence-corrected chi connectivity index (χ3v) is 8.80. The van der Waals surface area contributed by atoms with Gasteiger partial charge in [-0.2, -0.15) is 0 Å². The Hall–Kier alpha value is -4.87. The van der Waals surface area contributed by atoms with Crippen molar-refractivity contribution in [3.63, 3.8) is 0 Å². The second-order valence-electron chi connectivity index (χ2n) is 9.58. The summed E-state index contributed by atoms with van der Waals surface area (Å²) < 4.78 is 7.67. The van der Waals surface area contributed by atoms with Gasteiger partial charge in [0.2, 0.25) is 0 Å². The van der Waals surface area contributed by atoms with Crippen LogP contribution in [-0.2, 0) is 5.16 Å². The smallest absolute Gasteiger partial charge is 0.128 e. The first kappa shape index (κ1) is 28.7. The highest BCUT2D eigenvalue weighted by molar-refractivity contribution is 6.57. The van der Waals surface area contributed by atoms with Crippen molar-refractivity contribution >= 4 is 28.1 Å². The van der Waals surface area contributed by atoms with Crippen LogP contribution in [0.25, 0.3) is 5.57 Å². The maximum Gasteiger partial charge on any atom is 0.128 e. The fourth-order valence-electron chi connectivity index (χ4n) is 4.99. The zero-order chi connectivity index (χ0) is 29.0. The molecule has 1 heterocycles. The molecule has 0 aliphatic heterocycles. The number of benzene rings is 5. The minimum absolute atomic E-state index is 0.370. The second-order valence-corrected chi connectivity index (χ2v) is 11.1. The van der Waals surface area contributed by atoms with E-state index < -0.39 is 0 Å². The monoisotopic (exact) mass is 558 g/mol. The minimum Gasteiger partial charge on any atom is -0.497 e. The summed E-state index contributed by atoms with van der Waals surface area (Å²) in [7, 11) is 7.84. The van der Waals surface area contributed by atoms with Crippen molar-refractivity contribution in [3.8, 4) is 5.75 Å². The van der Waals surface area contributed by atoms with Crippen molar-refractivity contribution in [2.45, 2.75) is 5.16 Å². The molecule has 6 rings (SSSR count). The van der Waals surface area contributed by atoms with Crippen LogP contribution in [0.15, 0.2) is 170 Å². The van der Waals surface area contributed by atoms with E-state index >= 15 is 0 Å². The minimum atomic E-state index is -0.370. The first-order chi connectivity index (χ1) is 20.7. The Bertz CT molecular complexity index is 1590. The molecule has 0 amide bonds. The molecule has 0 spiro atoms. The molecule has 4 radical (unpaired) electrons. The van der Waals surface area contributed by atoms with Crippen molar-refractivity contribution in [2.24, 2.45) is 0 Å². The number of hydrogen-bond acceptors (Lipinski definition) is 2. The number of hydrogen-bond donors (Lipinski definition) is 0. The summed E-state index contributed by atoms with van der Waals surface area (Å²) in [6.45, 7) is 0. The van der Waals surface area contributed by atoms with Gasteiger partial charge in [-0.25, -0.2) is 4.98 Å². The molecule has 0 atom stereocenters. The summed E-state index contributed by atoms with van der Waals surface area (Å²) in [6, 6.07) is 49.9. The number of aromatic nitrogens is 2. The lowest BCUT2D eigenvalue weighted by Gasteiger charge is -2.36. The summed E-state index contributed by atoms with van der Waals surface area (Å²) in [5, 5.41) is 0.863. The largest absolute Gasteiger partial charge is 0.497 e. The van der Waals surface area contributed by atoms with Gasteiger partial charge >= 0.3 is 0 Å². The molecule has 5 heteroatoms. The molecule has 0 unspecified atom stereocenters. The van der Waals surface area contributed by atoms with Crippen molar-refractivity contribution < 1.29 is 4.74 Å². The average molecular weight is 559 g/mol. The average Bonchev–Trinajstić information content (AvgIpc) is 3.62. The van der Waals surface area contributed by atoms with Gasteiger partial charge in [0.1, 0.15) is 23.1 Å². The van der Waals surface area contributed by atoms with Gasteiger partial charge < -0.3 is 9.30 Å². The molecule has 202 valence electrons. The highest BCUT2D eigenvalue weighted by Crippen LogP contribution is 2.33. The van der Waals surface area contributed by atoms with Crippen molar-refractivity contribution in [2.75, 3.05) is 7.11 Å². The first-order valence-corrected chi connectivity index (χ1v) is 14.8. The molecule has 6 aromatic rings. The number of methoxy groups -OCH3 is 1. The summed E-state index contributed by atoms with van der Waals surface area (Å²) in [6.07, 6.45) is 5.80. The number of imidazole rings is 1. The number of ether oxygens (including phenoxy) is 1. The standard InChI is InChI=1S/C23H20N2OSi.C14H11B/c1-26-21-13-8-14-22(17-21)27-23(25-16-15-24-18-25,19-9-4-2-5-10-19)20-11-6-3-7-12-20;15-11-14(12-7-3-1-4-8-12)13-9-5-2-6-10-13/h2-18H,1H3;1-11H. The van der Waals surface area contributed by atoms with E-state index in [0.29, 0.717) is 9.52 Å². The zero-order valence-electron chi connectivity index (χ0n) is 23.5. The molecule has 42 heavy (non-hydrogen) atoms. The molecule has 0 saturated carbocycles. The Labute approximate surface area is 252 Å².